The molecule has 4 heteroatoms. The zero-order chi connectivity index (χ0) is 15.8. The van der Waals surface area contributed by atoms with Crippen LogP contribution in [0, 0.1) is 6.92 Å². The molecule has 4 rings (SSSR count). The fraction of sp³-hybridized carbons (Fsp3) is 0.368. The number of likely N-dealkylation sites (N-methyl/N-ethyl adjacent to an activating group) is 1. The summed E-state index contributed by atoms with van der Waals surface area (Å²) >= 11 is 0. The van der Waals surface area contributed by atoms with Crippen molar-refractivity contribution in [3.63, 3.8) is 0 Å². The van der Waals surface area contributed by atoms with Crippen molar-refractivity contribution in [2.45, 2.75) is 25.8 Å². The Kier molecular flexibility index (Phi) is 3.62. The number of piperidine rings is 1. The largest absolute Gasteiger partial charge is 0.304 e. The van der Waals surface area contributed by atoms with Gasteiger partial charge in [-0.15, -0.1) is 0 Å². The van der Waals surface area contributed by atoms with Crippen LogP contribution < -0.4 is 0 Å². The molecule has 0 saturated carbocycles. The topological polar surface area (TPSA) is 34.0 Å². The predicted molar refractivity (Wildman–Crippen MR) is 93.5 cm³/mol. The quantitative estimate of drug-likeness (QED) is 0.724. The van der Waals surface area contributed by atoms with Gasteiger partial charge in [0.25, 0.3) is 0 Å². The summed E-state index contributed by atoms with van der Waals surface area (Å²) in [6.45, 7) is 4.36. The Morgan fingerprint density at radius 3 is 2.91 bits per heavy atom. The van der Waals surface area contributed by atoms with E-state index in [0.29, 0.717) is 6.04 Å². The molecule has 0 bridgehead atoms. The van der Waals surface area contributed by atoms with Gasteiger partial charge in [-0.2, -0.15) is 0 Å². The van der Waals surface area contributed by atoms with Gasteiger partial charge in [-0.25, -0.2) is 9.97 Å². The minimum absolute atomic E-state index is 0.434. The van der Waals surface area contributed by atoms with E-state index in [0.717, 1.165) is 23.5 Å². The predicted octanol–water partition coefficient (Wildman–Crippen LogP) is 3.67. The minimum Gasteiger partial charge on any atom is -0.304 e. The number of fused-ring (bicyclic) bond motifs is 1. The molecule has 1 saturated heterocycles. The monoisotopic (exact) mass is 306 g/mol. The van der Waals surface area contributed by atoms with E-state index in [2.05, 4.69) is 58.8 Å². The first-order chi connectivity index (χ1) is 11.2. The SMILES string of the molecule is Cc1cccc(-c2nc3cccnc3n2C2CCCN(C)C2)c1. The number of aromatic nitrogens is 3. The summed E-state index contributed by atoms with van der Waals surface area (Å²) in [6.07, 6.45) is 4.28. The standard InChI is InChI=1S/C19H22N4/c1-14-6-3-7-15(12-14)18-21-17-9-4-10-20-19(17)23(18)16-8-5-11-22(2)13-16/h3-4,6-7,9-10,12,16H,5,8,11,13H2,1-2H3. The van der Waals surface area contributed by atoms with E-state index < -0.39 is 0 Å². The van der Waals surface area contributed by atoms with Gasteiger partial charge in [-0.05, 0) is 51.6 Å². The van der Waals surface area contributed by atoms with E-state index in [-0.39, 0.29) is 0 Å². The summed E-state index contributed by atoms with van der Waals surface area (Å²) in [5.41, 5.74) is 4.42. The van der Waals surface area contributed by atoms with Crippen molar-refractivity contribution in [2.24, 2.45) is 0 Å². The second-order valence-electron chi connectivity index (χ2n) is 6.58. The van der Waals surface area contributed by atoms with Crippen molar-refractivity contribution in [1.29, 1.82) is 0 Å². The summed E-state index contributed by atoms with van der Waals surface area (Å²) < 4.78 is 2.36. The Morgan fingerprint density at radius 1 is 1.17 bits per heavy atom. The van der Waals surface area contributed by atoms with Crippen LogP contribution in [0.1, 0.15) is 24.4 Å². The average Bonchev–Trinajstić information content (AvgIpc) is 2.94. The highest BCUT2D eigenvalue weighted by Crippen LogP contribution is 2.31. The molecular formula is C19H22N4. The first-order valence-electron chi connectivity index (χ1n) is 8.31. The highest BCUT2D eigenvalue weighted by Gasteiger charge is 2.24. The maximum Gasteiger partial charge on any atom is 0.160 e. The molecule has 2 aromatic heterocycles. The normalized spacial score (nSPS) is 19.3. The van der Waals surface area contributed by atoms with E-state index in [1.807, 2.05) is 12.3 Å². The number of hydrogen-bond donors (Lipinski definition) is 0. The molecule has 0 amide bonds. The molecule has 1 aliphatic rings. The van der Waals surface area contributed by atoms with Gasteiger partial charge in [0.05, 0.1) is 0 Å². The van der Waals surface area contributed by atoms with Gasteiger partial charge in [0.2, 0.25) is 0 Å². The van der Waals surface area contributed by atoms with Crippen LogP contribution in [0.4, 0.5) is 0 Å². The van der Waals surface area contributed by atoms with Crippen molar-refractivity contribution in [3.8, 4) is 11.4 Å². The summed E-state index contributed by atoms with van der Waals surface area (Å²) in [6, 6.07) is 13.1. The molecule has 118 valence electrons. The number of likely N-dealkylation sites (tertiary alicyclic amines) is 1. The molecule has 0 N–H and O–H groups in total. The fourth-order valence-electron chi connectivity index (χ4n) is 3.61. The van der Waals surface area contributed by atoms with Gasteiger partial charge in [-0.3, -0.25) is 0 Å². The Balaban J connectivity index is 1.91. The molecule has 1 atom stereocenters. The molecule has 0 aliphatic carbocycles. The first kappa shape index (κ1) is 14.4. The molecule has 0 radical (unpaired) electrons. The molecule has 1 fully saturated rings. The van der Waals surface area contributed by atoms with Crippen molar-refractivity contribution < 1.29 is 0 Å². The lowest BCUT2D eigenvalue weighted by molar-refractivity contribution is 0.215. The van der Waals surface area contributed by atoms with Crippen molar-refractivity contribution >= 4 is 11.2 Å². The second-order valence-corrected chi connectivity index (χ2v) is 6.58. The third kappa shape index (κ3) is 2.63. The summed E-state index contributed by atoms with van der Waals surface area (Å²) in [7, 11) is 2.20. The van der Waals surface area contributed by atoms with E-state index in [1.165, 1.54) is 30.5 Å². The molecule has 0 spiro atoms. The number of benzene rings is 1. The second kappa shape index (κ2) is 5.78. The number of nitrogens with zero attached hydrogens (tertiary/aromatic N) is 4. The first-order valence-corrected chi connectivity index (χ1v) is 8.31. The lowest BCUT2D eigenvalue weighted by Gasteiger charge is -2.31. The summed E-state index contributed by atoms with van der Waals surface area (Å²) in [5, 5.41) is 0. The van der Waals surface area contributed by atoms with Crippen molar-refractivity contribution in [2.75, 3.05) is 20.1 Å². The fourth-order valence-corrected chi connectivity index (χ4v) is 3.61. The third-order valence-electron chi connectivity index (χ3n) is 4.69. The van der Waals surface area contributed by atoms with Gasteiger partial charge in [0, 0.05) is 24.3 Å². The Labute approximate surface area is 136 Å². The number of hydrogen-bond acceptors (Lipinski definition) is 3. The highest BCUT2D eigenvalue weighted by atomic mass is 15.2. The molecule has 23 heavy (non-hydrogen) atoms. The summed E-state index contributed by atoms with van der Waals surface area (Å²) in [5.74, 6) is 1.04. The number of aryl methyl sites for hydroxylation is 1. The van der Waals surface area contributed by atoms with E-state index >= 15 is 0 Å². The van der Waals surface area contributed by atoms with Crippen LogP contribution in [0.2, 0.25) is 0 Å². The van der Waals surface area contributed by atoms with E-state index in [4.69, 9.17) is 4.98 Å². The molecule has 1 unspecified atom stereocenters. The smallest absolute Gasteiger partial charge is 0.160 e. The van der Waals surface area contributed by atoms with Crippen LogP contribution >= 0.6 is 0 Å². The van der Waals surface area contributed by atoms with Crippen LogP contribution in [0.5, 0.6) is 0 Å². The van der Waals surface area contributed by atoms with Crippen LogP contribution in [-0.2, 0) is 0 Å². The van der Waals surface area contributed by atoms with Crippen LogP contribution in [0.25, 0.3) is 22.6 Å². The van der Waals surface area contributed by atoms with Gasteiger partial charge in [0.15, 0.2) is 5.65 Å². The summed E-state index contributed by atoms with van der Waals surface area (Å²) in [4.78, 5) is 11.9. The maximum atomic E-state index is 4.91. The van der Waals surface area contributed by atoms with Crippen LogP contribution in [-0.4, -0.2) is 39.6 Å². The molecule has 3 heterocycles. The number of pyridine rings is 1. The third-order valence-corrected chi connectivity index (χ3v) is 4.69. The van der Waals surface area contributed by atoms with E-state index in [9.17, 15) is 0 Å². The van der Waals surface area contributed by atoms with Gasteiger partial charge < -0.3 is 9.47 Å². The zero-order valence-electron chi connectivity index (χ0n) is 13.7. The highest BCUT2D eigenvalue weighted by molar-refractivity contribution is 5.77. The van der Waals surface area contributed by atoms with Crippen molar-refractivity contribution in [3.05, 3.63) is 48.2 Å². The van der Waals surface area contributed by atoms with Gasteiger partial charge in [0.1, 0.15) is 11.3 Å². The molecule has 1 aliphatic heterocycles. The van der Waals surface area contributed by atoms with E-state index in [1.54, 1.807) is 0 Å². The minimum atomic E-state index is 0.434. The average molecular weight is 306 g/mol. The van der Waals surface area contributed by atoms with Gasteiger partial charge >= 0.3 is 0 Å². The van der Waals surface area contributed by atoms with Crippen LogP contribution in [0.3, 0.4) is 0 Å². The number of rotatable bonds is 2. The Bertz CT molecular complexity index is 836. The van der Waals surface area contributed by atoms with Crippen molar-refractivity contribution in [1.82, 2.24) is 19.4 Å². The zero-order valence-corrected chi connectivity index (χ0v) is 13.7. The van der Waals surface area contributed by atoms with Gasteiger partial charge in [-0.1, -0.05) is 23.8 Å². The number of imidazole rings is 1. The maximum absolute atomic E-state index is 4.91. The Hall–Kier alpha value is -2.20. The molecule has 4 nitrogen and oxygen atoms in total. The Morgan fingerprint density at radius 2 is 2.09 bits per heavy atom. The lowest BCUT2D eigenvalue weighted by atomic mass is 10.0. The molecule has 3 aromatic rings. The molecular weight excluding hydrogens is 284 g/mol. The lowest BCUT2D eigenvalue weighted by Crippen LogP contribution is -2.33. The molecule has 1 aromatic carbocycles. The van der Waals surface area contributed by atoms with Crippen LogP contribution in [0.15, 0.2) is 42.6 Å².